The number of carbonyl (C=O) groups is 1. The number of benzene rings is 1. The zero-order valence-electron chi connectivity index (χ0n) is 16.2. The fourth-order valence-corrected chi connectivity index (χ4v) is 4.13. The number of aliphatic hydroxyl groups is 1. The summed E-state index contributed by atoms with van der Waals surface area (Å²) in [6.07, 6.45) is 8.26. The molecular formula is C22H32N2O2. The first-order valence-corrected chi connectivity index (χ1v) is 9.95. The van der Waals surface area contributed by atoms with E-state index in [1.54, 1.807) is 0 Å². The molecule has 26 heavy (non-hydrogen) atoms. The van der Waals surface area contributed by atoms with Gasteiger partial charge >= 0.3 is 0 Å². The zero-order chi connectivity index (χ0) is 18.5. The van der Waals surface area contributed by atoms with Gasteiger partial charge in [-0.2, -0.15) is 0 Å². The second-order valence-electron chi connectivity index (χ2n) is 7.91. The molecule has 1 N–H and O–H groups in total. The Hall–Kier alpha value is -1.65. The van der Waals surface area contributed by atoms with Crippen molar-refractivity contribution in [3.63, 3.8) is 0 Å². The number of aliphatic hydroxyl groups excluding tert-OH is 1. The zero-order valence-corrected chi connectivity index (χ0v) is 16.2. The van der Waals surface area contributed by atoms with Crippen LogP contribution in [0.5, 0.6) is 0 Å². The van der Waals surface area contributed by atoms with Gasteiger partial charge in [-0.05, 0) is 68.7 Å². The second kappa shape index (κ2) is 8.83. The quantitative estimate of drug-likeness (QED) is 0.902. The Kier molecular flexibility index (Phi) is 6.49. The molecule has 2 heterocycles. The van der Waals surface area contributed by atoms with Crippen LogP contribution in [0.3, 0.4) is 0 Å². The highest BCUT2D eigenvalue weighted by Gasteiger charge is 2.25. The van der Waals surface area contributed by atoms with Gasteiger partial charge in [0.1, 0.15) is 0 Å². The van der Waals surface area contributed by atoms with Gasteiger partial charge in [0, 0.05) is 19.6 Å². The Bertz CT molecular complexity index is 627. The van der Waals surface area contributed by atoms with Crippen LogP contribution in [0.15, 0.2) is 24.3 Å². The van der Waals surface area contributed by atoms with Gasteiger partial charge in [0.25, 0.3) is 0 Å². The molecule has 1 amide bonds. The highest BCUT2D eigenvalue weighted by atomic mass is 16.3. The Morgan fingerprint density at radius 2 is 1.85 bits per heavy atom. The van der Waals surface area contributed by atoms with Crippen LogP contribution in [0, 0.1) is 19.8 Å². The van der Waals surface area contributed by atoms with Crippen LogP contribution in [-0.2, 0) is 4.79 Å². The van der Waals surface area contributed by atoms with Gasteiger partial charge in [0.05, 0.1) is 12.6 Å². The molecule has 0 saturated carbocycles. The van der Waals surface area contributed by atoms with Crippen LogP contribution in [0.2, 0.25) is 0 Å². The van der Waals surface area contributed by atoms with Gasteiger partial charge < -0.3 is 10.0 Å². The van der Waals surface area contributed by atoms with E-state index in [4.69, 9.17) is 0 Å². The number of hydrogen-bond acceptors (Lipinski definition) is 3. The van der Waals surface area contributed by atoms with Gasteiger partial charge in [-0.3, -0.25) is 9.69 Å². The number of amides is 1. The Morgan fingerprint density at radius 3 is 2.50 bits per heavy atom. The Morgan fingerprint density at radius 1 is 1.15 bits per heavy atom. The van der Waals surface area contributed by atoms with Gasteiger partial charge in [-0.1, -0.05) is 30.4 Å². The van der Waals surface area contributed by atoms with Crippen LogP contribution in [0.25, 0.3) is 6.08 Å². The first-order chi connectivity index (χ1) is 12.5. The SMILES string of the molecule is Cc1cccc(C)c1/C=C/C1CCN(C(=O)CN2CCC[C@H](O)C2)CC1. The van der Waals surface area contributed by atoms with Crippen molar-refractivity contribution in [1.29, 1.82) is 0 Å². The number of carbonyl (C=O) groups excluding carboxylic acids is 1. The van der Waals surface area contributed by atoms with Crippen molar-refractivity contribution in [3.8, 4) is 0 Å². The van der Waals surface area contributed by atoms with E-state index in [9.17, 15) is 9.90 Å². The first-order valence-electron chi connectivity index (χ1n) is 9.95. The van der Waals surface area contributed by atoms with Crippen LogP contribution >= 0.6 is 0 Å². The lowest BCUT2D eigenvalue weighted by Gasteiger charge is -2.34. The lowest BCUT2D eigenvalue weighted by Crippen LogP contribution is -2.47. The molecule has 0 radical (unpaired) electrons. The summed E-state index contributed by atoms with van der Waals surface area (Å²) in [7, 11) is 0. The molecule has 0 spiro atoms. The van der Waals surface area contributed by atoms with Gasteiger partial charge in [0.2, 0.25) is 5.91 Å². The van der Waals surface area contributed by atoms with E-state index in [0.717, 1.165) is 45.3 Å². The van der Waals surface area contributed by atoms with E-state index in [0.29, 0.717) is 19.0 Å². The molecule has 142 valence electrons. The molecule has 2 aliphatic rings. The van der Waals surface area contributed by atoms with Crippen molar-refractivity contribution in [2.75, 3.05) is 32.7 Å². The summed E-state index contributed by atoms with van der Waals surface area (Å²) in [5.41, 5.74) is 3.96. The number of rotatable bonds is 4. The highest BCUT2D eigenvalue weighted by Crippen LogP contribution is 2.22. The molecule has 1 aromatic carbocycles. The second-order valence-corrected chi connectivity index (χ2v) is 7.91. The average Bonchev–Trinajstić information content (AvgIpc) is 2.62. The molecule has 0 aromatic heterocycles. The molecule has 4 heteroatoms. The number of aryl methyl sites for hydroxylation is 2. The molecule has 3 rings (SSSR count). The minimum Gasteiger partial charge on any atom is -0.392 e. The maximum atomic E-state index is 12.5. The van der Waals surface area contributed by atoms with Crippen molar-refractivity contribution in [1.82, 2.24) is 9.80 Å². The lowest BCUT2D eigenvalue weighted by atomic mass is 9.94. The smallest absolute Gasteiger partial charge is 0.236 e. The highest BCUT2D eigenvalue weighted by molar-refractivity contribution is 5.78. The van der Waals surface area contributed by atoms with E-state index < -0.39 is 0 Å². The van der Waals surface area contributed by atoms with Crippen LogP contribution in [0.4, 0.5) is 0 Å². The first kappa shape index (κ1) is 19.1. The molecule has 2 saturated heterocycles. The largest absolute Gasteiger partial charge is 0.392 e. The molecule has 0 unspecified atom stereocenters. The number of β-amino-alcohol motifs (C(OH)–C–C–N with tert-alkyl or cyclic N) is 1. The molecule has 0 bridgehead atoms. The maximum absolute atomic E-state index is 12.5. The van der Waals surface area contributed by atoms with Gasteiger partial charge in [0.15, 0.2) is 0 Å². The van der Waals surface area contributed by atoms with Gasteiger partial charge in [-0.15, -0.1) is 0 Å². The summed E-state index contributed by atoms with van der Waals surface area (Å²) in [5.74, 6) is 0.770. The molecule has 2 fully saturated rings. The maximum Gasteiger partial charge on any atom is 0.236 e. The van der Waals surface area contributed by atoms with Gasteiger partial charge in [-0.25, -0.2) is 0 Å². The van der Waals surface area contributed by atoms with Crippen molar-refractivity contribution < 1.29 is 9.90 Å². The van der Waals surface area contributed by atoms with E-state index >= 15 is 0 Å². The molecular weight excluding hydrogens is 324 g/mol. The number of allylic oxidation sites excluding steroid dienone is 1. The number of nitrogens with zero attached hydrogens (tertiary/aromatic N) is 2. The molecule has 1 aromatic rings. The van der Waals surface area contributed by atoms with Crippen LogP contribution in [0.1, 0.15) is 42.4 Å². The molecule has 1 atom stereocenters. The van der Waals surface area contributed by atoms with Crippen LogP contribution in [-0.4, -0.2) is 59.6 Å². The lowest BCUT2D eigenvalue weighted by molar-refractivity contribution is -0.134. The summed E-state index contributed by atoms with van der Waals surface area (Å²) >= 11 is 0. The molecule has 0 aliphatic carbocycles. The Labute approximate surface area is 157 Å². The third-order valence-corrected chi connectivity index (χ3v) is 5.81. The summed E-state index contributed by atoms with van der Waals surface area (Å²) in [6, 6.07) is 6.42. The van der Waals surface area contributed by atoms with E-state index in [-0.39, 0.29) is 12.0 Å². The Balaban J connectivity index is 1.48. The monoisotopic (exact) mass is 356 g/mol. The summed E-state index contributed by atoms with van der Waals surface area (Å²) < 4.78 is 0. The predicted molar refractivity (Wildman–Crippen MR) is 106 cm³/mol. The van der Waals surface area contributed by atoms with Crippen molar-refractivity contribution in [2.24, 2.45) is 5.92 Å². The fraction of sp³-hybridized carbons (Fsp3) is 0.591. The van der Waals surface area contributed by atoms with Crippen molar-refractivity contribution in [3.05, 3.63) is 41.0 Å². The van der Waals surface area contributed by atoms with Crippen molar-refractivity contribution >= 4 is 12.0 Å². The summed E-state index contributed by atoms with van der Waals surface area (Å²) in [5, 5.41) is 9.76. The number of likely N-dealkylation sites (tertiary alicyclic amines) is 2. The predicted octanol–water partition coefficient (Wildman–Crippen LogP) is 3.01. The van der Waals surface area contributed by atoms with Crippen molar-refractivity contribution in [2.45, 2.75) is 45.6 Å². The summed E-state index contributed by atoms with van der Waals surface area (Å²) in [4.78, 5) is 16.6. The third kappa shape index (κ3) is 4.95. The van der Waals surface area contributed by atoms with E-state index in [1.807, 2.05) is 4.90 Å². The fourth-order valence-electron chi connectivity index (χ4n) is 4.13. The van der Waals surface area contributed by atoms with Crippen LogP contribution < -0.4 is 0 Å². The topological polar surface area (TPSA) is 43.8 Å². The minimum atomic E-state index is -0.266. The number of hydrogen-bond donors (Lipinski definition) is 1. The normalized spacial score (nSPS) is 22.9. The number of piperidine rings is 2. The third-order valence-electron chi connectivity index (χ3n) is 5.81. The molecule has 4 nitrogen and oxygen atoms in total. The van der Waals surface area contributed by atoms with E-state index in [2.05, 4.69) is 49.1 Å². The standard InChI is InChI=1S/C22H32N2O2/c1-17-5-3-6-18(2)21(17)9-8-19-10-13-24(14-11-19)22(26)16-23-12-4-7-20(25)15-23/h3,5-6,8-9,19-20,25H,4,7,10-16H2,1-2H3/b9-8+/t20-/m0/s1. The average molecular weight is 357 g/mol. The van der Waals surface area contributed by atoms with E-state index in [1.165, 1.54) is 16.7 Å². The summed E-state index contributed by atoms with van der Waals surface area (Å²) in [6.45, 7) is 8.03. The minimum absolute atomic E-state index is 0.219. The molecule has 2 aliphatic heterocycles.